The third kappa shape index (κ3) is 8.84. The van der Waals surface area contributed by atoms with Gasteiger partial charge < -0.3 is 0 Å². The van der Waals surface area contributed by atoms with Crippen LogP contribution in [0.3, 0.4) is 0 Å². The Kier molecular flexibility index (Phi) is 15.3. The first kappa shape index (κ1) is 9.92. The highest BCUT2D eigenvalue weighted by molar-refractivity contribution is 8.06. The van der Waals surface area contributed by atoms with E-state index in [9.17, 15) is 0 Å². The summed E-state index contributed by atoms with van der Waals surface area (Å²) in [7, 11) is 0.108. The van der Waals surface area contributed by atoms with Crippen molar-refractivity contribution in [3.8, 4) is 0 Å². The average Bonchev–Trinajstić information content (AvgIpc) is 1.41. The molecule has 0 amide bonds. The molecule has 40 valence electrons. The zero-order chi connectivity index (χ0) is 4.12. The van der Waals surface area contributed by atoms with Gasteiger partial charge in [-0.3, -0.25) is 0 Å². The smallest absolute Gasteiger partial charge is 0.0813 e. The van der Waals surface area contributed by atoms with Gasteiger partial charge in [0, 0.05) is 0 Å². The highest BCUT2D eigenvalue weighted by Crippen LogP contribution is 1.84. The van der Waals surface area contributed by atoms with E-state index in [0.717, 1.165) is 0 Å². The SMILES string of the molecule is CCC[SiH2]S.[SiH4]. The average molecular weight is 138 g/mol. The normalized spacial score (nSPS) is 9.00. The highest BCUT2D eigenvalue weighted by Gasteiger charge is 1.70. The van der Waals surface area contributed by atoms with Gasteiger partial charge in [-0.05, 0) is 11.0 Å². The van der Waals surface area contributed by atoms with E-state index in [2.05, 4.69) is 19.0 Å². The quantitative estimate of drug-likeness (QED) is 0.381. The minimum Gasteiger partial charge on any atom is -0.210 e. The maximum Gasteiger partial charge on any atom is 0.0813 e. The Labute approximate surface area is 51.6 Å². The predicted molar refractivity (Wildman–Crippen MR) is 44.0 cm³/mol. The first-order valence-electron chi connectivity index (χ1n) is 2.02. The molecule has 0 saturated heterocycles. The molecule has 0 radical (unpaired) electrons. The molecule has 0 atom stereocenters. The third-order valence-corrected chi connectivity index (χ3v) is 2.48. The lowest BCUT2D eigenvalue weighted by atomic mass is 10.6. The predicted octanol–water partition coefficient (Wildman–Crippen LogP) is -0.623. The van der Waals surface area contributed by atoms with Crippen LogP contribution in [0.25, 0.3) is 0 Å². The third-order valence-electron chi connectivity index (χ3n) is 0.512. The fraction of sp³-hybridized carbons (Fsp3) is 1.00. The van der Waals surface area contributed by atoms with Crippen LogP contribution in [0.2, 0.25) is 6.04 Å². The number of hydrogen-bond donors (Lipinski definition) is 1. The molecule has 0 N–H and O–H groups in total. The van der Waals surface area contributed by atoms with Crippen molar-refractivity contribution in [3.63, 3.8) is 0 Å². The van der Waals surface area contributed by atoms with Crippen molar-refractivity contribution in [2.45, 2.75) is 19.4 Å². The molecule has 3 heteroatoms. The maximum atomic E-state index is 4.14. The molecule has 0 aliphatic rings. The second kappa shape index (κ2) is 9.24. The van der Waals surface area contributed by atoms with E-state index >= 15 is 0 Å². The molecule has 0 fully saturated rings. The Morgan fingerprint density at radius 3 is 2.17 bits per heavy atom. The van der Waals surface area contributed by atoms with Crippen LogP contribution in [-0.2, 0) is 0 Å². The van der Waals surface area contributed by atoms with Crippen LogP contribution in [0.15, 0.2) is 0 Å². The van der Waals surface area contributed by atoms with Crippen LogP contribution >= 0.6 is 12.1 Å². The number of hydrogen-bond acceptors (Lipinski definition) is 1. The lowest BCUT2D eigenvalue weighted by Crippen LogP contribution is -1.69. The van der Waals surface area contributed by atoms with Gasteiger partial charge in [0.1, 0.15) is 0 Å². The Hall–Kier alpha value is 0.784. The molecule has 0 spiro atoms. The van der Waals surface area contributed by atoms with E-state index in [-0.39, 0.29) is 19.6 Å². The minimum absolute atomic E-state index is 0. The molecule has 0 aromatic heterocycles. The molecular formula is C3H14SSi2. The van der Waals surface area contributed by atoms with Crippen LogP contribution in [0.5, 0.6) is 0 Å². The van der Waals surface area contributed by atoms with Crippen LogP contribution in [-0.4, -0.2) is 19.6 Å². The largest absolute Gasteiger partial charge is 0.210 e. The van der Waals surface area contributed by atoms with Gasteiger partial charge in [-0.15, -0.1) is 0 Å². The van der Waals surface area contributed by atoms with Crippen molar-refractivity contribution in [1.82, 2.24) is 0 Å². The van der Waals surface area contributed by atoms with Crippen molar-refractivity contribution in [2.24, 2.45) is 0 Å². The number of thiol groups is 1. The summed E-state index contributed by atoms with van der Waals surface area (Å²) in [5.41, 5.74) is 0. The molecule has 0 aliphatic heterocycles. The summed E-state index contributed by atoms with van der Waals surface area (Å²) >= 11 is 4.14. The van der Waals surface area contributed by atoms with Crippen molar-refractivity contribution in [3.05, 3.63) is 0 Å². The molecule has 0 saturated carbocycles. The van der Waals surface area contributed by atoms with Crippen LogP contribution in [0.4, 0.5) is 0 Å². The molecule has 0 aromatic rings. The van der Waals surface area contributed by atoms with E-state index in [0.29, 0.717) is 0 Å². The molecule has 0 heterocycles. The molecule has 0 aromatic carbocycles. The Balaban J connectivity index is 0. The van der Waals surface area contributed by atoms with Crippen molar-refractivity contribution in [2.75, 3.05) is 0 Å². The molecular weight excluding hydrogens is 124 g/mol. The topological polar surface area (TPSA) is 0 Å². The Morgan fingerprint density at radius 2 is 2.17 bits per heavy atom. The number of rotatable bonds is 2. The van der Waals surface area contributed by atoms with Crippen molar-refractivity contribution in [1.29, 1.82) is 0 Å². The van der Waals surface area contributed by atoms with E-state index < -0.39 is 0 Å². The Morgan fingerprint density at radius 1 is 1.67 bits per heavy atom. The van der Waals surface area contributed by atoms with E-state index in [1.54, 1.807) is 0 Å². The van der Waals surface area contributed by atoms with Crippen LogP contribution in [0, 0.1) is 0 Å². The second-order valence-corrected chi connectivity index (χ2v) is 3.57. The molecule has 0 aliphatic carbocycles. The van der Waals surface area contributed by atoms with Gasteiger partial charge in [0.05, 0.1) is 8.67 Å². The van der Waals surface area contributed by atoms with E-state index in [1.165, 1.54) is 12.5 Å². The van der Waals surface area contributed by atoms with Gasteiger partial charge in [-0.1, -0.05) is 19.4 Å². The fourth-order valence-corrected chi connectivity index (χ4v) is 1.42. The standard InChI is InChI=1S/C3H10SSi.H4Si/c1-2-3-5-4;/h4H,2-3,5H2,1H3;1H4. The van der Waals surface area contributed by atoms with Crippen LogP contribution < -0.4 is 0 Å². The second-order valence-electron chi connectivity index (χ2n) is 1.08. The van der Waals surface area contributed by atoms with Gasteiger partial charge >= 0.3 is 0 Å². The first-order chi connectivity index (χ1) is 2.41. The summed E-state index contributed by atoms with van der Waals surface area (Å²) in [5.74, 6) is 0. The van der Waals surface area contributed by atoms with Gasteiger partial charge in [0.15, 0.2) is 0 Å². The van der Waals surface area contributed by atoms with Gasteiger partial charge in [0.25, 0.3) is 0 Å². The van der Waals surface area contributed by atoms with E-state index in [4.69, 9.17) is 0 Å². The summed E-state index contributed by atoms with van der Waals surface area (Å²) in [4.78, 5) is 0. The molecule has 0 nitrogen and oxygen atoms in total. The molecule has 0 bridgehead atoms. The zero-order valence-electron chi connectivity index (χ0n) is 3.57. The molecule has 0 unspecified atom stereocenters. The monoisotopic (exact) mass is 138 g/mol. The molecule has 0 rings (SSSR count). The summed E-state index contributed by atoms with van der Waals surface area (Å²) in [5, 5.41) is 0. The van der Waals surface area contributed by atoms with Crippen molar-refractivity contribution < 1.29 is 0 Å². The van der Waals surface area contributed by atoms with Crippen LogP contribution in [0.1, 0.15) is 13.3 Å². The van der Waals surface area contributed by atoms with Gasteiger partial charge in [-0.2, -0.15) is 0 Å². The van der Waals surface area contributed by atoms with E-state index in [1.807, 2.05) is 0 Å². The lowest BCUT2D eigenvalue weighted by Gasteiger charge is -1.77. The summed E-state index contributed by atoms with van der Waals surface area (Å²) in [6, 6.07) is 1.39. The first-order valence-corrected chi connectivity index (χ1v) is 5.55. The summed E-state index contributed by atoms with van der Waals surface area (Å²) in [6.07, 6.45) is 1.33. The van der Waals surface area contributed by atoms with Crippen molar-refractivity contribution >= 4 is 31.7 Å². The minimum atomic E-state index is 0. The van der Waals surface area contributed by atoms with Gasteiger partial charge in [-0.25, -0.2) is 12.1 Å². The molecule has 6 heavy (non-hydrogen) atoms. The Bertz CT molecular complexity index is 16.3. The zero-order valence-corrected chi connectivity index (χ0v) is 5.88. The maximum absolute atomic E-state index is 4.14. The highest BCUT2D eigenvalue weighted by atomic mass is 32.3. The summed E-state index contributed by atoms with van der Waals surface area (Å²) < 4.78 is 0. The lowest BCUT2D eigenvalue weighted by molar-refractivity contribution is 1.08. The summed E-state index contributed by atoms with van der Waals surface area (Å²) in [6.45, 7) is 2.20. The fourth-order valence-electron chi connectivity index (χ4n) is 0.158. The van der Waals surface area contributed by atoms with Gasteiger partial charge in [0.2, 0.25) is 0 Å².